The van der Waals surface area contributed by atoms with E-state index in [9.17, 15) is 21.6 Å². The van der Waals surface area contributed by atoms with Gasteiger partial charge in [-0.2, -0.15) is 4.31 Å². The molecule has 1 amide bonds. The fourth-order valence-electron chi connectivity index (χ4n) is 3.88. The first-order valence-electron chi connectivity index (χ1n) is 11.4. The van der Waals surface area contributed by atoms with Crippen LogP contribution in [0.1, 0.15) is 26.2 Å². The molecule has 9 nitrogen and oxygen atoms in total. The van der Waals surface area contributed by atoms with Crippen LogP contribution in [0.25, 0.3) is 0 Å². The molecule has 13 heteroatoms. The summed E-state index contributed by atoms with van der Waals surface area (Å²) in [7, 11) is -7.32. The Morgan fingerprint density at radius 3 is 2.25 bits per heavy atom. The third kappa shape index (κ3) is 7.04. The van der Waals surface area contributed by atoms with Gasteiger partial charge in [-0.25, -0.2) is 16.8 Å². The number of nitrogens with zero attached hydrogens (tertiary/aromatic N) is 2. The molecule has 0 bridgehead atoms. The number of hydrogen-bond acceptors (Lipinski definition) is 6. The molecule has 3 rings (SSSR count). The first-order chi connectivity index (χ1) is 16.9. The first-order valence-corrected chi connectivity index (χ1v) is 15.4. The number of amides is 1. The van der Waals surface area contributed by atoms with Gasteiger partial charge in [-0.3, -0.25) is 9.10 Å². The number of anilines is 1. The zero-order valence-corrected chi connectivity index (χ0v) is 23.1. The van der Waals surface area contributed by atoms with E-state index in [1.807, 2.05) is 0 Å². The lowest BCUT2D eigenvalue weighted by molar-refractivity contribution is -0.121. The summed E-state index contributed by atoms with van der Waals surface area (Å²) in [5.41, 5.74) is 0.213. The zero-order valence-electron chi connectivity index (χ0n) is 20.0. The molecule has 0 saturated carbocycles. The maximum absolute atomic E-state index is 12.7. The second-order valence-corrected chi connectivity index (χ2v) is 13.0. The van der Waals surface area contributed by atoms with Crippen LogP contribution >= 0.6 is 23.2 Å². The molecular weight excluding hydrogens is 549 g/mol. The van der Waals surface area contributed by atoms with Crippen LogP contribution in [-0.4, -0.2) is 65.6 Å². The molecule has 0 spiro atoms. The Morgan fingerprint density at radius 2 is 1.67 bits per heavy atom. The molecule has 1 aliphatic heterocycles. The second-order valence-electron chi connectivity index (χ2n) is 8.41. The van der Waals surface area contributed by atoms with Crippen molar-refractivity contribution in [3.63, 3.8) is 0 Å². The molecule has 0 unspecified atom stereocenters. The van der Waals surface area contributed by atoms with Gasteiger partial charge >= 0.3 is 0 Å². The number of halogens is 2. The number of hydrogen-bond donors (Lipinski definition) is 1. The Kier molecular flexibility index (Phi) is 9.50. The van der Waals surface area contributed by atoms with Crippen molar-refractivity contribution in [2.24, 2.45) is 0 Å². The molecular formula is C23H29Cl2N3O6S2. The number of ether oxygens (including phenoxy) is 1. The van der Waals surface area contributed by atoms with Crippen molar-refractivity contribution in [2.45, 2.75) is 37.1 Å². The highest BCUT2D eigenvalue weighted by molar-refractivity contribution is 7.92. The number of rotatable bonds is 10. The van der Waals surface area contributed by atoms with E-state index in [0.717, 1.165) is 29.8 Å². The zero-order chi connectivity index (χ0) is 26.5. The normalized spacial score (nSPS) is 15.8. The van der Waals surface area contributed by atoms with Gasteiger partial charge in [0.05, 0.1) is 33.4 Å². The average Bonchev–Trinajstić information content (AvgIpc) is 2.84. The number of piperidine rings is 1. The lowest BCUT2D eigenvalue weighted by Gasteiger charge is -2.28. The Labute approximate surface area is 222 Å². The Bertz CT molecular complexity index is 1280. The highest BCUT2D eigenvalue weighted by Crippen LogP contribution is 2.29. The number of benzene rings is 2. The Morgan fingerprint density at radius 1 is 1.03 bits per heavy atom. The predicted octanol–water partition coefficient (Wildman–Crippen LogP) is 3.52. The number of carbonyl (C=O) groups is 1. The van der Waals surface area contributed by atoms with Gasteiger partial charge in [0, 0.05) is 13.1 Å². The van der Waals surface area contributed by atoms with E-state index in [2.05, 4.69) is 5.32 Å². The van der Waals surface area contributed by atoms with Crippen LogP contribution in [0.4, 0.5) is 5.69 Å². The monoisotopic (exact) mass is 577 g/mol. The summed E-state index contributed by atoms with van der Waals surface area (Å²) < 4.78 is 58.3. The quantitative estimate of drug-likeness (QED) is 0.432. The molecule has 2 aromatic carbocycles. The lowest BCUT2D eigenvalue weighted by Crippen LogP contribution is -2.48. The average molecular weight is 579 g/mol. The molecule has 1 atom stereocenters. The molecule has 36 heavy (non-hydrogen) atoms. The van der Waals surface area contributed by atoms with Crippen molar-refractivity contribution in [1.29, 1.82) is 0 Å². The summed E-state index contributed by atoms with van der Waals surface area (Å²) in [5, 5.41) is 3.08. The Hall–Kier alpha value is -2.05. The minimum absolute atomic E-state index is 0.0995. The second kappa shape index (κ2) is 12.0. The SMILES string of the molecule is C[C@H](C(=O)NCCOc1ccc(S(=O)(=O)N2CCCCC2)cc1)N(c1ccc(Cl)c(Cl)c1)S(C)(=O)=O. The predicted molar refractivity (Wildman–Crippen MR) is 141 cm³/mol. The van der Waals surface area contributed by atoms with Gasteiger partial charge in [0.15, 0.2) is 0 Å². The summed E-state index contributed by atoms with van der Waals surface area (Å²) in [4.78, 5) is 12.9. The van der Waals surface area contributed by atoms with Crippen molar-refractivity contribution < 1.29 is 26.4 Å². The van der Waals surface area contributed by atoms with Crippen LogP contribution in [0.5, 0.6) is 5.75 Å². The van der Waals surface area contributed by atoms with E-state index in [0.29, 0.717) is 18.8 Å². The number of carbonyl (C=O) groups excluding carboxylic acids is 1. The smallest absolute Gasteiger partial charge is 0.243 e. The molecule has 1 heterocycles. The van der Waals surface area contributed by atoms with E-state index in [4.69, 9.17) is 27.9 Å². The largest absolute Gasteiger partial charge is 0.492 e. The molecule has 198 valence electrons. The maximum Gasteiger partial charge on any atom is 0.243 e. The summed E-state index contributed by atoms with van der Waals surface area (Å²) in [6.45, 7) is 2.72. The Balaban J connectivity index is 1.55. The van der Waals surface area contributed by atoms with Crippen LogP contribution in [-0.2, 0) is 24.8 Å². The maximum atomic E-state index is 12.7. The topological polar surface area (TPSA) is 113 Å². The van der Waals surface area contributed by atoms with E-state index < -0.39 is 32.0 Å². The number of sulfonamides is 2. The van der Waals surface area contributed by atoms with Gasteiger partial charge in [-0.1, -0.05) is 29.6 Å². The van der Waals surface area contributed by atoms with Crippen LogP contribution in [0.3, 0.4) is 0 Å². The molecule has 0 aliphatic carbocycles. The van der Waals surface area contributed by atoms with Gasteiger partial charge in [0.1, 0.15) is 18.4 Å². The molecule has 1 saturated heterocycles. The van der Waals surface area contributed by atoms with Crippen LogP contribution in [0.15, 0.2) is 47.4 Å². The fourth-order valence-corrected chi connectivity index (χ4v) is 6.86. The minimum Gasteiger partial charge on any atom is -0.492 e. The lowest BCUT2D eigenvalue weighted by atomic mass is 10.2. The highest BCUT2D eigenvalue weighted by atomic mass is 35.5. The van der Waals surface area contributed by atoms with Crippen LogP contribution in [0.2, 0.25) is 10.0 Å². The molecule has 1 aliphatic rings. The van der Waals surface area contributed by atoms with E-state index in [-0.39, 0.29) is 33.8 Å². The molecule has 0 radical (unpaired) electrons. The summed E-state index contributed by atoms with van der Waals surface area (Å²) in [5.74, 6) is -0.0819. The molecule has 0 aromatic heterocycles. The van der Waals surface area contributed by atoms with Crippen molar-refractivity contribution in [3.05, 3.63) is 52.5 Å². The van der Waals surface area contributed by atoms with E-state index in [1.165, 1.54) is 41.6 Å². The summed E-state index contributed by atoms with van der Waals surface area (Å²) >= 11 is 11.9. The third-order valence-electron chi connectivity index (χ3n) is 5.69. The van der Waals surface area contributed by atoms with E-state index in [1.54, 1.807) is 12.1 Å². The first kappa shape index (κ1) is 28.5. The standard InChI is InChI=1S/C23H29Cl2N3O6S2/c1-17(28(35(2,30)31)18-6-11-21(24)22(25)16-18)23(29)26-12-15-34-19-7-9-20(10-8-19)36(32,33)27-13-4-3-5-14-27/h6-11,16-17H,3-5,12-15H2,1-2H3,(H,26,29)/t17-/m1/s1. The minimum atomic E-state index is -3.80. The van der Waals surface area contributed by atoms with Crippen molar-refractivity contribution in [3.8, 4) is 5.75 Å². The van der Waals surface area contributed by atoms with Crippen LogP contribution < -0.4 is 14.4 Å². The van der Waals surface area contributed by atoms with Gasteiger partial charge < -0.3 is 10.1 Å². The van der Waals surface area contributed by atoms with Gasteiger partial charge in [-0.15, -0.1) is 0 Å². The summed E-state index contributed by atoms with van der Waals surface area (Å²) in [6.07, 6.45) is 3.76. The van der Waals surface area contributed by atoms with Gasteiger partial charge in [-0.05, 0) is 62.2 Å². The summed E-state index contributed by atoms with van der Waals surface area (Å²) in [6, 6.07) is 9.39. The fraction of sp³-hybridized carbons (Fsp3) is 0.435. The van der Waals surface area contributed by atoms with Gasteiger partial charge in [0.2, 0.25) is 26.0 Å². The van der Waals surface area contributed by atoms with Crippen molar-refractivity contribution >= 4 is 54.8 Å². The van der Waals surface area contributed by atoms with Crippen molar-refractivity contribution in [1.82, 2.24) is 9.62 Å². The third-order valence-corrected chi connectivity index (χ3v) is 9.59. The highest BCUT2D eigenvalue weighted by Gasteiger charge is 2.29. The molecule has 1 N–H and O–H groups in total. The molecule has 1 fully saturated rings. The van der Waals surface area contributed by atoms with Gasteiger partial charge in [0.25, 0.3) is 0 Å². The molecule has 2 aromatic rings. The van der Waals surface area contributed by atoms with E-state index >= 15 is 0 Å². The van der Waals surface area contributed by atoms with Crippen LogP contribution in [0, 0.1) is 0 Å². The van der Waals surface area contributed by atoms with Crippen molar-refractivity contribution in [2.75, 3.05) is 36.8 Å². The number of nitrogens with one attached hydrogen (secondary N) is 1.